The van der Waals surface area contributed by atoms with Crippen LogP contribution in [0.15, 0.2) is 77.7 Å². The first-order valence-electron chi connectivity index (χ1n) is 15.4. The molecule has 1 N–H and O–H groups in total. The van der Waals surface area contributed by atoms with E-state index in [0.717, 1.165) is 34.5 Å². The average Bonchev–Trinajstić information content (AvgIpc) is 3.56. The van der Waals surface area contributed by atoms with Crippen LogP contribution in [0.25, 0.3) is 11.3 Å². The van der Waals surface area contributed by atoms with Crippen LogP contribution in [0.3, 0.4) is 0 Å². The molecule has 1 unspecified atom stereocenters. The van der Waals surface area contributed by atoms with Crippen molar-refractivity contribution >= 4 is 27.6 Å². The second kappa shape index (κ2) is 13.1. The molecule has 1 amide bonds. The van der Waals surface area contributed by atoms with Gasteiger partial charge in [0.15, 0.2) is 0 Å². The van der Waals surface area contributed by atoms with E-state index in [1.807, 2.05) is 49.1 Å². The van der Waals surface area contributed by atoms with Crippen LogP contribution in [-0.4, -0.2) is 67.4 Å². The van der Waals surface area contributed by atoms with Gasteiger partial charge in [-0.15, -0.1) is 0 Å². The van der Waals surface area contributed by atoms with Crippen molar-refractivity contribution in [2.45, 2.75) is 44.2 Å². The third kappa shape index (κ3) is 6.45. The fourth-order valence-corrected chi connectivity index (χ4v) is 7.90. The molecule has 6 rings (SSSR count). The summed E-state index contributed by atoms with van der Waals surface area (Å²) in [5.74, 6) is -0.700. The molecule has 0 radical (unpaired) electrons. The second-order valence-corrected chi connectivity index (χ2v) is 13.6. The molecule has 46 heavy (non-hydrogen) atoms. The van der Waals surface area contributed by atoms with E-state index in [-0.39, 0.29) is 23.8 Å². The van der Waals surface area contributed by atoms with Gasteiger partial charge in [0.05, 0.1) is 28.5 Å². The largest absolute Gasteiger partial charge is 0.366 e. The Morgan fingerprint density at radius 2 is 1.54 bits per heavy atom. The molecule has 0 saturated carbocycles. The van der Waals surface area contributed by atoms with Gasteiger partial charge in [0.1, 0.15) is 17.7 Å². The molecule has 2 saturated heterocycles. The van der Waals surface area contributed by atoms with Crippen LogP contribution in [-0.2, 0) is 21.4 Å². The minimum absolute atomic E-state index is 0.0533. The van der Waals surface area contributed by atoms with Gasteiger partial charge < -0.3 is 15.1 Å². The van der Waals surface area contributed by atoms with E-state index in [9.17, 15) is 22.0 Å². The Labute approximate surface area is 267 Å². The summed E-state index contributed by atoms with van der Waals surface area (Å²) in [4.78, 5) is 27.2. The standard InChI is InChI=1S/C34H36F2N6O3S/c1-23-7-5-8-24(2)32(23)29-21-26(38-34(39-29)41-19-17-40(18-20-41)30-10-4-3-9-28(30)36)22-37-33(43)31-11-6-16-42(31)46(44,45)27-14-12-25(35)13-15-27/h3-5,7-10,12-15,21,31H,6,11,16-20,22H2,1-2H3,(H,37,43). The Morgan fingerprint density at radius 3 is 2.24 bits per heavy atom. The van der Waals surface area contributed by atoms with Crippen LogP contribution < -0.4 is 15.1 Å². The Bertz CT molecular complexity index is 1830. The monoisotopic (exact) mass is 646 g/mol. The van der Waals surface area contributed by atoms with Crippen molar-refractivity contribution in [3.8, 4) is 11.3 Å². The smallest absolute Gasteiger partial charge is 0.243 e. The number of sulfonamides is 1. The molecule has 240 valence electrons. The summed E-state index contributed by atoms with van der Waals surface area (Å²) in [6, 6.07) is 18.4. The lowest BCUT2D eigenvalue weighted by atomic mass is 9.99. The molecule has 0 bridgehead atoms. The number of benzene rings is 3. The van der Waals surface area contributed by atoms with Crippen molar-refractivity contribution in [3.05, 3.63) is 101 Å². The van der Waals surface area contributed by atoms with Crippen molar-refractivity contribution in [3.63, 3.8) is 0 Å². The molecular formula is C34H36F2N6O3S. The first kappa shape index (κ1) is 31.6. The van der Waals surface area contributed by atoms with E-state index in [0.29, 0.717) is 56.4 Å². The predicted molar refractivity (Wildman–Crippen MR) is 173 cm³/mol. The molecule has 1 atom stereocenters. The van der Waals surface area contributed by atoms with Crippen LogP contribution in [0.4, 0.5) is 20.4 Å². The molecular weight excluding hydrogens is 610 g/mol. The van der Waals surface area contributed by atoms with Gasteiger partial charge in [-0.3, -0.25) is 4.79 Å². The number of hydrogen-bond acceptors (Lipinski definition) is 7. The molecule has 0 spiro atoms. The number of piperazine rings is 1. The Balaban J connectivity index is 1.23. The van der Waals surface area contributed by atoms with Crippen molar-refractivity contribution in [2.75, 3.05) is 42.5 Å². The minimum Gasteiger partial charge on any atom is -0.366 e. The van der Waals surface area contributed by atoms with Gasteiger partial charge in [-0.05, 0) is 80.3 Å². The van der Waals surface area contributed by atoms with Crippen LogP contribution in [0.2, 0.25) is 0 Å². The zero-order chi connectivity index (χ0) is 32.4. The highest BCUT2D eigenvalue weighted by Crippen LogP contribution is 2.30. The zero-order valence-electron chi connectivity index (χ0n) is 25.8. The number of anilines is 2. The molecule has 1 aromatic heterocycles. The van der Waals surface area contributed by atoms with Gasteiger partial charge >= 0.3 is 0 Å². The number of para-hydroxylation sites is 1. The number of carbonyl (C=O) groups excluding carboxylic acids is 1. The number of carbonyl (C=O) groups is 1. The van der Waals surface area contributed by atoms with Crippen molar-refractivity contribution in [1.29, 1.82) is 0 Å². The van der Waals surface area contributed by atoms with Crippen LogP contribution in [0.5, 0.6) is 0 Å². The lowest BCUT2D eigenvalue weighted by molar-refractivity contribution is -0.124. The molecule has 3 aromatic carbocycles. The highest BCUT2D eigenvalue weighted by molar-refractivity contribution is 7.89. The molecule has 2 aliphatic heterocycles. The quantitative estimate of drug-likeness (QED) is 0.293. The van der Waals surface area contributed by atoms with Crippen LogP contribution in [0.1, 0.15) is 29.7 Å². The van der Waals surface area contributed by atoms with E-state index < -0.39 is 27.8 Å². The van der Waals surface area contributed by atoms with Gasteiger partial charge in [-0.25, -0.2) is 27.2 Å². The maximum atomic E-state index is 14.5. The Morgan fingerprint density at radius 1 is 0.870 bits per heavy atom. The van der Waals surface area contributed by atoms with E-state index in [4.69, 9.17) is 9.97 Å². The molecule has 3 heterocycles. The molecule has 9 nitrogen and oxygen atoms in total. The predicted octanol–water partition coefficient (Wildman–Crippen LogP) is 4.83. The number of nitrogens with one attached hydrogen (secondary N) is 1. The molecule has 2 aliphatic rings. The molecule has 4 aromatic rings. The Hall–Kier alpha value is -4.42. The number of nitrogens with zero attached hydrogens (tertiary/aromatic N) is 5. The lowest BCUT2D eigenvalue weighted by Crippen LogP contribution is -2.47. The normalized spacial score (nSPS) is 17.3. The summed E-state index contributed by atoms with van der Waals surface area (Å²) in [6.07, 6.45) is 0.910. The van der Waals surface area contributed by atoms with E-state index >= 15 is 0 Å². The van der Waals surface area contributed by atoms with Crippen molar-refractivity contribution in [1.82, 2.24) is 19.6 Å². The molecule has 0 aliphatic carbocycles. The van der Waals surface area contributed by atoms with Gasteiger partial charge in [0.2, 0.25) is 21.9 Å². The highest BCUT2D eigenvalue weighted by atomic mass is 32.2. The van der Waals surface area contributed by atoms with Gasteiger partial charge in [-0.1, -0.05) is 30.3 Å². The summed E-state index contributed by atoms with van der Waals surface area (Å²) < 4.78 is 55.7. The maximum Gasteiger partial charge on any atom is 0.243 e. The van der Waals surface area contributed by atoms with Gasteiger partial charge in [-0.2, -0.15) is 4.31 Å². The molecule has 2 fully saturated rings. The Kier molecular flexibility index (Phi) is 9.01. The number of amides is 1. The summed E-state index contributed by atoms with van der Waals surface area (Å²) in [6.45, 7) is 6.65. The molecule has 12 heteroatoms. The van der Waals surface area contributed by atoms with Gasteiger partial charge in [0.25, 0.3) is 0 Å². The lowest BCUT2D eigenvalue weighted by Gasteiger charge is -2.36. The van der Waals surface area contributed by atoms with E-state index in [1.165, 1.54) is 22.5 Å². The third-order valence-corrected chi connectivity index (χ3v) is 10.6. The van der Waals surface area contributed by atoms with Crippen LogP contribution in [0, 0.1) is 25.5 Å². The summed E-state index contributed by atoms with van der Waals surface area (Å²) in [5, 5.41) is 2.91. The third-order valence-electron chi connectivity index (χ3n) is 8.63. The first-order valence-corrected chi connectivity index (χ1v) is 16.8. The second-order valence-electron chi connectivity index (χ2n) is 11.7. The topological polar surface area (TPSA) is 98.7 Å². The summed E-state index contributed by atoms with van der Waals surface area (Å²) in [5.41, 5.74) is 4.96. The fraction of sp³-hybridized carbons (Fsp3) is 0.324. The number of aromatic nitrogens is 2. The van der Waals surface area contributed by atoms with Crippen molar-refractivity contribution in [2.24, 2.45) is 0 Å². The summed E-state index contributed by atoms with van der Waals surface area (Å²) in [7, 11) is -3.99. The SMILES string of the molecule is Cc1cccc(C)c1-c1cc(CNC(=O)C2CCCN2S(=O)(=O)c2ccc(F)cc2)nc(N2CCN(c3ccccc3F)CC2)n1. The fourth-order valence-electron chi connectivity index (χ4n) is 6.24. The van der Waals surface area contributed by atoms with E-state index in [2.05, 4.69) is 10.2 Å². The van der Waals surface area contributed by atoms with Gasteiger partial charge in [0, 0.05) is 38.3 Å². The number of hydrogen-bond donors (Lipinski definition) is 1. The zero-order valence-corrected chi connectivity index (χ0v) is 26.6. The minimum atomic E-state index is -3.99. The van der Waals surface area contributed by atoms with Crippen molar-refractivity contribution < 1.29 is 22.0 Å². The maximum absolute atomic E-state index is 14.5. The van der Waals surface area contributed by atoms with E-state index in [1.54, 1.807) is 12.1 Å². The first-order chi connectivity index (χ1) is 22.1. The highest BCUT2D eigenvalue weighted by Gasteiger charge is 2.39. The number of halogens is 2. The summed E-state index contributed by atoms with van der Waals surface area (Å²) >= 11 is 0. The average molecular weight is 647 g/mol. The number of aryl methyl sites for hydroxylation is 2. The number of rotatable bonds is 8. The van der Waals surface area contributed by atoms with Crippen LogP contribution >= 0.6 is 0 Å².